The second-order valence-electron chi connectivity index (χ2n) is 15.9. The van der Waals surface area contributed by atoms with Gasteiger partial charge in [0, 0.05) is 58.5 Å². The minimum absolute atomic E-state index is 0.00679. The van der Waals surface area contributed by atoms with Crippen molar-refractivity contribution in [2.75, 3.05) is 39.8 Å². The van der Waals surface area contributed by atoms with Gasteiger partial charge in [0.1, 0.15) is 17.9 Å². The maximum atomic E-state index is 14.4. The van der Waals surface area contributed by atoms with E-state index in [-0.39, 0.29) is 59.3 Å². The minimum Gasteiger partial charge on any atom is -0.379 e. The number of ether oxygens (including phenoxy) is 2. The Hall–Kier alpha value is -4.43. The molecule has 0 spiro atoms. The van der Waals surface area contributed by atoms with E-state index in [0.717, 1.165) is 11.3 Å². The van der Waals surface area contributed by atoms with Crippen LogP contribution in [-0.2, 0) is 38.2 Å². The van der Waals surface area contributed by atoms with Crippen molar-refractivity contribution >= 4 is 46.9 Å². The van der Waals surface area contributed by atoms with Gasteiger partial charge >= 0.3 is 0 Å². The van der Waals surface area contributed by atoms with E-state index in [2.05, 4.69) is 5.32 Å². The summed E-state index contributed by atoms with van der Waals surface area (Å²) in [7, 11) is 6.29. The molecule has 14 nitrogen and oxygen atoms in total. The van der Waals surface area contributed by atoms with Crippen molar-refractivity contribution in [2.45, 2.75) is 117 Å². The van der Waals surface area contributed by atoms with Crippen molar-refractivity contribution in [1.82, 2.24) is 20.0 Å². The lowest BCUT2D eigenvalue weighted by Gasteiger charge is -2.41. The molecule has 1 fully saturated rings. The van der Waals surface area contributed by atoms with Crippen LogP contribution in [0.5, 0.6) is 0 Å². The number of carbonyl (C=O) groups is 7. The van der Waals surface area contributed by atoms with Gasteiger partial charge in [-0.25, -0.2) is 4.90 Å². The number of ketones is 1. The van der Waals surface area contributed by atoms with Crippen molar-refractivity contribution in [3.05, 3.63) is 42.0 Å². The molecular weight excluding hydrogens is 718 g/mol. The molecule has 2 aliphatic heterocycles. The summed E-state index contributed by atoms with van der Waals surface area (Å²) in [5.41, 5.74) is 0.570. The van der Waals surface area contributed by atoms with Gasteiger partial charge < -0.3 is 29.5 Å². The summed E-state index contributed by atoms with van der Waals surface area (Å²) in [6, 6.07) is 3.31. The van der Waals surface area contributed by atoms with Crippen molar-refractivity contribution in [1.29, 1.82) is 0 Å². The van der Waals surface area contributed by atoms with Crippen LogP contribution in [0.15, 0.2) is 36.4 Å². The van der Waals surface area contributed by atoms with E-state index in [9.17, 15) is 33.6 Å². The maximum absolute atomic E-state index is 14.4. The fourth-order valence-corrected chi connectivity index (χ4v) is 8.02. The van der Waals surface area contributed by atoms with Gasteiger partial charge in [-0.2, -0.15) is 0 Å². The highest BCUT2D eigenvalue weighted by Gasteiger charge is 2.43. The smallest absolute Gasteiger partial charge is 0.258 e. The van der Waals surface area contributed by atoms with E-state index in [1.54, 1.807) is 24.0 Å². The Morgan fingerprint density at radius 1 is 0.875 bits per heavy atom. The Morgan fingerprint density at radius 2 is 1.46 bits per heavy atom. The summed E-state index contributed by atoms with van der Waals surface area (Å²) in [5.74, 6) is -3.54. The van der Waals surface area contributed by atoms with Gasteiger partial charge in [0.05, 0.1) is 36.4 Å². The molecule has 0 aliphatic carbocycles. The Balaban J connectivity index is 1.81. The van der Waals surface area contributed by atoms with Gasteiger partial charge in [0.2, 0.25) is 17.7 Å². The molecule has 3 rings (SSSR count). The Labute approximate surface area is 332 Å². The van der Waals surface area contributed by atoms with E-state index in [4.69, 9.17) is 9.47 Å². The molecule has 0 saturated carbocycles. The summed E-state index contributed by atoms with van der Waals surface area (Å²) < 4.78 is 11.7. The lowest BCUT2D eigenvalue weighted by molar-refractivity contribution is -0.147. The van der Waals surface area contributed by atoms with Crippen molar-refractivity contribution in [3.8, 4) is 0 Å². The van der Waals surface area contributed by atoms with Crippen LogP contribution in [0.4, 0.5) is 5.69 Å². The molecule has 8 atom stereocenters. The molecule has 14 heteroatoms. The fourth-order valence-electron chi connectivity index (χ4n) is 8.02. The number of anilines is 1. The third kappa shape index (κ3) is 10.3. The first kappa shape index (κ1) is 46.0. The lowest BCUT2D eigenvalue weighted by Crippen LogP contribution is -2.60. The Morgan fingerprint density at radius 3 is 1.95 bits per heavy atom. The van der Waals surface area contributed by atoms with E-state index in [1.165, 1.54) is 62.4 Å². The fraction of sp³-hybridized carbons (Fsp3) is 0.643. The highest BCUT2D eigenvalue weighted by Crippen LogP contribution is 2.30. The van der Waals surface area contributed by atoms with E-state index < -0.39 is 54.0 Å². The second-order valence-corrected chi connectivity index (χ2v) is 15.9. The van der Waals surface area contributed by atoms with Gasteiger partial charge in [0.15, 0.2) is 0 Å². The second kappa shape index (κ2) is 20.1. The number of amides is 6. The highest BCUT2D eigenvalue weighted by molar-refractivity contribution is 6.28. The van der Waals surface area contributed by atoms with Crippen molar-refractivity contribution in [2.24, 2.45) is 23.7 Å². The first-order valence-corrected chi connectivity index (χ1v) is 19.7. The number of carbonyl (C=O) groups excluding carboxylic acids is 7. The number of likely N-dealkylation sites (tertiary alicyclic amines) is 1. The molecule has 1 aromatic carbocycles. The minimum atomic E-state index is -0.959. The number of nitrogens with zero attached hydrogens (tertiary/aromatic N) is 4. The Kier molecular flexibility index (Phi) is 16.5. The number of benzene rings is 1. The number of Topliss-reactive ketones (excluding diaryl/α,β-unsaturated/α-hetero) is 1. The van der Waals surface area contributed by atoms with Crippen LogP contribution in [0.1, 0.15) is 91.4 Å². The summed E-state index contributed by atoms with van der Waals surface area (Å²) in [5, 5.41) is 2.95. The molecule has 2 aliphatic rings. The molecule has 0 aromatic heterocycles. The van der Waals surface area contributed by atoms with Crippen molar-refractivity contribution < 1.29 is 43.0 Å². The molecule has 0 bridgehead atoms. The molecule has 6 amide bonds. The van der Waals surface area contributed by atoms with Crippen LogP contribution < -0.4 is 10.2 Å². The lowest BCUT2D eigenvalue weighted by atomic mass is 9.89. The zero-order valence-corrected chi connectivity index (χ0v) is 35.2. The predicted octanol–water partition coefficient (Wildman–Crippen LogP) is 3.86. The Bertz CT molecular complexity index is 1610. The van der Waals surface area contributed by atoms with Gasteiger partial charge in [-0.15, -0.1) is 0 Å². The SMILES string of the molecule is CC[C@H](C)C([C@@H](CC(=O)N1CCC[C@H]1[C@H](OC)[C@@H](C)C(C)=O)OC)N(C)C(=O)[C@@H](NC(=O)[C@H](C(C)C)N(C)C(=O)c1ccc(N2C(=O)C=CC2=O)cc1)C(C)C. The molecule has 1 N–H and O–H groups in total. The summed E-state index contributed by atoms with van der Waals surface area (Å²) in [6.07, 6.45) is 3.45. The highest BCUT2D eigenvalue weighted by atomic mass is 16.5. The molecule has 1 unspecified atom stereocenters. The van der Waals surface area contributed by atoms with E-state index >= 15 is 0 Å². The normalized spacial score (nSPS) is 19.4. The average Bonchev–Trinajstić information content (AvgIpc) is 3.78. The molecule has 0 radical (unpaired) electrons. The van der Waals surface area contributed by atoms with Gasteiger partial charge in [-0.05, 0) is 61.8 Å². The van der Waals surface area contributed by atoms with Gasteiger partial charge in [-0.1, -0.05) is 54.9 Å². The van der Waals surface area contributed by atoms with Crippen LogP contribution >= 0.6 is 0 Å². The number of hydrogen-bond donors (Lipinski definition) is 1. The molecule has 1 aromatic rings. The van der Waals surface area contributed by atoms with Crippen LogP contribution in [0.3, 0.4) is 0 Å². The molecular formula is C42H63N5O9. The summed E-state index contributed by atoms with van der Waals surface area (Å²) in [4.78, 5) is 98.4. The van der Waals surface area contributed by atoms with Crippen LogP contribution in [0.25, 0.3) is 0 Å². The number of nitrogens with one attached hydrogen (secondary N) is 1. The topological polar surface area (TPSA) is 163 Å². The first-order valence-electron chi connectivity index (χ1n) is 19.7. The predicted molar refractivity (Wildman–Crippen MR) is 212 cm³/mol. The van der Waals surface area contributed by atoms with Gasteiger partial charge in [-0.3, -0.25) is 33.6 Å². The number of methoxy groups -OCH3 is 2. The number of hydrogen-bond acceptors (Lipinski definition) is 9. The molecule has 310 valence electrons. The monoisotopic (exact) mass is 781 g/mol. The first-order chi connectivity index (χ1) is 26.3. The third-order valence-corrected chi connectivity index (χ3v) is 11.5. The van der Waals surface area contributed by atoms with Crippen molar-refractivity contribution in [3.63, 3.8) is 0 Å². The quantitative estimate of drug-likeness (QED) is 0.206. The molecule has 1 saturated heterocycles. The van der Waals surface area contributed by atoms with Crippen LogP contribution in [-0.4, -0.2) is 127 Å². The van der Waals surface area contributed by atoms with Crippen LogP contribution in [0.2, 0.25) is 0 Å². The molecule has 2 heterocycles. The average molecular weight is 782 g/mol. The maximum Gasteiger partial charge on any atom is 0.258 e. The standard InChI is InChI=1S/C42H63N5O9/c1-13-26(6)38(32(55-11)23-35(51)46-22-14-15-31(46)39(56-12)27(7)28(8)48)45(10)42(54)36(24(2)3)43-40(52)37(25(4)5)44(9)41(53)29-16-18-30(19-17-29)47-33(49)20-21-34(47)50/h16-21,24-27,31-32,36-39H,13-15,22-23H2,1-12H3,(H,43,52)/t26-,27-,31-,32+,36-,37-,38?,39+/m0/s1. The third-order valence-electron chi connectivity index (χ3n) is 11.5. The number of imide groups is 1. The largest absolute Gasteiger partial charge is 0.379 e. The molecule has 56 heavy (non-hydrogen) atoms. The summed E-state index contributed by atoms with van der Waals surface area (Å²) >= 11 is 0. The number of likely N-dealkylation sites (N-methyl/N-ethyl adjacent to an activating group) is 2. The zero-order chi connectivity index (χ0) is 42.2. The summed E-state index contributed by atoms with van der Waals surface area (Å²) in [6.45, 7) is 15.2. The zero-order valence-electron chi connectivity index (χ0n) is 35.2. The number of rotatable bonds is 19. The van der Waals surface area contributed by atoms with E-state index in [0.29, 0.717) is 25.1 Å². The van der Waals surface area contributed by atoms with Gasteiger partial charge in [0.25, 0.3) is 17.7 Å². The van der Waals surface area contributed by atoms with E-state index in [1.807, 2.05) is 48.5 Å². The van der Waals surface area contributed by atoms with Crippen LogP contribution in [0, 0.1) is 23.7 Å².